The van der Waals surface area contributed by atoms with Gasteiger partial charge in [0.15, 0.2) is 0 Å². The molecule has 2 rings (SSSR count). The number of aromatic amines is 1. The third-order valence-electron chi connectivity index (χ3n) is 2.30. The van der Waals surface area contributed by atoms with Crippen LogP contribution < -0.4 is 0 Å². The van der Waals surface area contributed by atoms with Gasteiger partial charge in [-0.3, -0.25) is 4.68 Å². The number of aromatic nitrogens is 5. The Bertz CT molecular complexity index is 505. The molecular weight excluding hydrogens is 267 g/mol. The zero-order valence-electron chi connectivity index (χ0n) is 9.40. The van der Waals surface area contributed by atoms with E-state index in [1.165, 1.54) is 22.6 Å². The molecule has 0 aliphatic rings. The van der Waals surface area contributed by atoms with Crippen molar-refractivity contribution in [1.82, 2.24) is 25.2 Å². The van der Waals surface area contributed by atoms with E-state index in [0.29, 0.717) is 11.6 Å². The van der Waals surface area contributed by atoms with Crippen molar-refractivity contribution in [3.63, 3.8) is 0 Å². The molecule has 0 fully saturated rings. The molecule has 0 saturated carbocycles. The molecule has 0 aliphatic heterocycles. The summed E-state index contributed by atoms with van der Waals surface area (Å²) in [6.07, 6.45) is -2.06. The first-order valence-corrected chi connectivity index (χ1v) is 6.11. The number of hydrogen-bond donors (Lipinski definition) is 1. The van der Waals surface area contributed by atoms with E-state index in [9.17, 15) is 13.2 Å². The fourth-order valence-corrected chi connectivity index (χ4v) is 2.30. The van der Waals surface area contributed by atoms with Crippen LogP contribution in [0.3, 0.4) is 0 Å². The average molecular weight is 277 g/mol. The molecule has 0 amide bonds. The maximum atomic E-state index is 12.8. The Morgan fingerprint density at radius 3 is 2.72 bits per heavy atom. The van der Waals surface area contributed by atoms with Crippen LogP contribution in [0.4, 0.5) is 13.2 Å². The highest BCUT2D eigenvalue weighted by molar-refractivity contribution is 7.98. The maximum Gasteiger partial charge on any atom is 0.419 e. The van der Waals surface area contributed by atoms with Crippen molar-refractivity contribution in [2.24, 2.45) is 0 Å². The highest BCUT2D eigenvalue weighted by Gasteiger charge is 2.36. The van der Waals surface area contributed by atoms with E-state index >= 15 is 0 Å². The van der Waals surface area contributed by atoms with Gasteiger partial charge in [-0.1, -0.05) is 11.8 Å². The Morgan fingerprint density at radius 1 is 1.39 bits per heavy atom. The van der Waals surface area contributed by atoms with Crippen LogP contribution in [0.2, 0.25) is 0 Å². The van der Waals surface area contributed by atoms with Gasteiger partial charge in [0.1, 0.15) is 5.03 Å². The maximum absolute atomic E-state index is 12.8. The van der Waals surface area contributed by atoms with Gasteiger partial charge in [-0.05, 0) is 6.92 Å². The Kier molecular flexibility index (Phi) is 3.60. The zero-order valence-corrected chi connectivity index (χ0v) is 10.2. The average Bonchev–Trinajstić information content (AvgIpc) is 2.94. The molecule has 9 heteroatoms. The third kappa shape index (κ3) is 2.66. The van der Waals surface area contributed by atoms with E-state index < -0.39 is 11.7 Å². The molecule has 0 radical (unpaired) electrons. The molecular formula is C9H10F3N5S. The second-order valence-corrected chi connectivity index (χ2v) is 4.41. The van der Waals surface area contributed by atoms with E-state index in [1.54, 1.807) is 6.92 Å². The first-order chi connectivity index (χ1) is 8.52. The zero-order chi connectivity index (χ0) is 13.2. The minimum absolute atomic E-state index is 0.148. The second-order valence-electron chi connectivity index (χ2n) is 3.42. The fourth-order valence-electron chi connectivity index (χ4n) is 1.48. The Morgan fingerprint density at radius 2 is 2.17 bits per heavy atom. The molecule has 2 aromatic heterocycles. The molecule has 98 valence electrons. The number of nitrogens with zero attached hydrogens (tertiary/aromatic N) is 4. The number of thioether (sulfide) groups is 1. The van der Waals surface area contributed by atoms with E-state index in [-0.39, 0.29) is 11.4 Å². The second kappa shape index (κ2) is 5.01. The lowest BCUT2D eigenvalue weighted by atomic mass is 10.2. The molecule has 2 heterocycles. The summed E-state index contributed by atoms with van der Waals surface area (Å²) in [5, 5.41) is 14.1. The van der Waals surface area contributed by atoms with E-state index in [2.05, 4.69) is 20.5 Å². The Hall–Kier alpha value is -1.51. The van der Waals surface area contributed by atoms with E-state index in [1.807, 2.05) is 0 Å². The van der Waals surface area contributed by atoms with Gasteiger partial charge in [-0.25, -0.2) is 0 Å². The van der Waals surface area contributed by atoms with Crippen LogP contribution in [0, 0.1) is 0 Å². The molecule has 0 saturated heterocycles. The predicted molar refractivity (Wildman–Crippen MR) is 58.8 cm³/mol. The van der Waals surface area contributed by atoms with Crippen LogP contribution in [0.1, 0.15) is 18.2 Å². The van der Waals surface area contributed by atoms with Crippen molar-refractivity contribution in [1.29, 1.82) is 0 Å². The SMILES string of the molecule is CCn1ncc(C(F)(F)F)c1CSc1cn[nH]n1. The molecule has 5 nitrogen and oxygen atoms in total. The quantitative estimate of drug-likeness (QED) is 0.871. The van der Waals surface area contributed by atoms with Crippen molar-refractivity contribution in [3.05, 3.63) is 23.7 Å². The van der Waals surface area contributed by atoms with Gasteiger partial charge in [-0.15, -0.1) is 5.10 Å². The normalized spacial score (nSPS) is 12.0. The first kappa shape index (κ1) is 12.9. The summed E-state index contributed by atoms with van der Waals surface area (Å²) in [6, 6.07) is 0. The summed E-state index contributed by atoms with van der Waals surface area (Å²) in [5.41, 5.74) is -0.543. The minimum atomic E-state index is -4.38. The number of alkyl halides is 3. The molecule has 0 spiro atoms. The van der Waals surface area contributed by atoms with E-state index in [4.69, 9.17) is 0 Å². The smallest absolute Gasteiger partial charge is 0.268 e. The van der Waals surface area contributed by atoms with Gasteiger partial charge in [0.05, 0.1) is 23.7 Å². The monoisotopic (exact) mass is 277 g/mol. The predicted octanol–water partition coefficient (Wildman–Crippen LogP) is 2.33. The topological polar surface area (TPSA) is 59.4 Å². The standard InChI is InChI=1S/C9H10F3N5S/c1-2-17-7(5-18-8-4-13-16-15-8)6(3-14-17)9(10,11)12/h3-4H,2,5H2,1H3,(H,13,15,16). The summed E-state index contributed by atoms with van der Waals surface area (Å²) in [6.45, 7) is 2.14. The summed E-state index contributed by atoms with van der Waals surface area (Å²) in [7, 11) is 0. The van der Waals surface area contributed by atoms with Gasteiger partial charge < -0.3 is 0 Å². The van der Waals surface area contributed by atoms with Gasteiger partial charge in [-0.2, -0.15) is 28.6 Å². The molecule has 0 aliphatic carbocycles. The molecule has 0 atom stereocenters. The van der Waals surface area contributed by atoms with E-state index in [0.717, 1.165) is 6.20 Å². The van der Waals surface area contributed by atoms with Gasteiger partial charge >= 0.3 is 6.18 Å². The van der Waals surface area contributed by atoms with Gasteiger partial charge in [0.25, 0.3) is 0 Å². The molecule has 0 bridgehead atoms. The van der Waals surface area contributed by atoms with Crippen molar-refractivity contribution in [3.8, 4) is 0 Å². The number of rotatable bonds is 4. The van der Waals surface area contributed by atoms with Gasteiger partial charge in [0, 0.05) is 12.3 Å². The molecule has 18 heavy (non-hydrogen) atoms. The van der Waals surface area contributed by atoms with Crippen LogP contribution in [0.25, 0.3) is 0 Å². The Labute approximate surface area is 105 Å². The molecule has 0 aromatic carbocycles. The lowest BCUT2D eigenvalue weighted by Gasteiger charge is -2.09. The molecule has 2 aromatic rings. The van der Waals surface area contributed by atoms with Crippen LogP contribution in [0.5, 0.6) is 0 Å². The number of halogens is 3. The summed E-state index contributed by atoms with van der Waals surface area (Å²) >= 11 is 1.18. The van der Waals surface area contributed by atoms with Crippen molar-refractivity contribution < 1.29 is 13.2 Å². The number of aryl methyl sites for hydroxylation is 1. The highest BCUT2D eigenvalue weighted by Crippen LogP contribution is 2.34. The largest absolute Gasteiger partial charge is 0.419 e. The lowest BCUT2D eigenvalue weighted by molar-refractivity contribution is -0.138. The van der Waals surface area contributed by atoms with Crippen LogP contribution in [0.15, 0.2) is 17.4 Å². The summed E-state index contributed by atoms with van der Waals surface area (Å²) in [4.78, 5) is 0. The van der Waals surface area contributed by atoms with Gasteiger partial charge in [0.2, 0.25) is 0 Å². The van der Waals surface area contributed by atoms with Crippen molar-refractivity contribution in [2.45, 2.75) is 30.4 Å². The van der Waals surface area contributed by atoms with Crippen molar-refractivity contribution >= 4 is 11.8 Å². The highest BCUT2D eigenvalue weighted by atomic mass is 32.2. The van der Waals surface area contributed by atoms with Crippen LogP contribution >= 0.6 is 11.8 Å². The fraction of sp³-hybridized carbons (Fsp3) is 0.444. The first-order valence-electron chi connectivity index (χ1n) is 5.12. The van der Waals surface area contributed by atoms with Crippen LogP contribution in [-0.4, -0.2) is 25.2 Å². The van der Waals surface area contributed by atoms with Crippen LogP contribution in [-0.2, 0) is 18.5 Å². The summed E-state index contributed by atoms with van der Waals surface area (Å²) < 4.78 is 39.6. The molecule has 1 N–H and O–H groups in total. The van der Waals surface area contributed by atoms with Crippen molar-refractivity contribution in [2.75, 3.05) is 0 Å². The number of hydrogen-bond acceptors (Lipinski definition) is 4. The third-order valence-corrected chi connectivity index (χ3v) is 3.21. The minimum Gasteiger partial charge on any atom is -0.268 e. The summed E-state index contributed by atoms with van der Waals surface area (Å²) in [5.74, 6) is 0.148. The lowest BCUT2D eigenvalue weighted by Crippen LogP contribution is -2.10. The number of nitrogens with one attached hydrogen (secondary N) is 1. The number of H-pyrrole nitrogens is 1. The molecule has 0 unspecified atom stereocenters. The Balaban J connectivity index is 2.22.